The lowest BCUT2D eigenvalue weighted by atomic mass is 9.99. The van der Waals surface area contributed by atoms with Gasteiger partial charge < -0.3 is 11.1 Å². The summed E-state index contributed by atoms with van der Waals surface area (Å²) >= 11 is 0. The first-order valence-electron chi connectivity index (χ1n) is 6.55. The zero-order chi connectivity index (χ0) is 13.7. The zero-order valence-electron chi connectivity index (χ0n) is 12.1. The topological polar surface area (TPSA) is 55.1 Å². The molecular weight excluding hydrogens is 260 g/mol. The second-order valence-corrected chi connectivity index (χ2v) is 5.33. The molecule has 3 nitrogen and oxygen atoms in total. The second kappa shape index (κ2) is 8.18. The lowest BCUT2D eigenvalue weighted by Crippen LogP contribution is -2.34. The van der Waals surface area contributed by atoms with Gasteiger partial charge in [0.25, 0.3) is 0 Å². The van der Waals surface area contributed by atoms with E-state index in [1.54, 1.807) is 0 Å². The molecule has 0 aromatic heterocycles. The SMILES string of the molecule is CC(C)C(=O)NCC(N)c1ccc(C(C)C)cc1.Cl. The van der Waals surface area contributed by atoms with Crippen LogP contribution >= 0.6 is 12.4 Å². The minimum absolute atomic E-state index is 0. The average molecular weight is 285 g/mol. The largest absolute Gasteiger partial charge is 0.354 e. The van der Waals surface area contributed by atoms with Gasteiger partial charge in [-0.05, 0) is 17.0 Å². The van der Waals surface area contributed by atoms with Crippen LogP contribution in [0.5, 0.6) is 0 Å². The molecule has 0 heterocycles. The van der Waals surface area contributed by atoms with Crippen molar-refractivity contribution in [1.29, 1.82) is 0 Å². The summed E-state index contributed by atoms with van der Waals surface area (Å²) in [5.41, 5.74) is 8.42. The molecule has 4 heteroatoms. The molecule has 108 valence electrons. The van der Waals surface area contributed by atoms with Gasteiger partial charge in [-0.1, -0.05) is 52.0 Å². The highest BCUT2D eigenvalue weighted by atomic mass is 35.5. The molecule has 0 saturated carbocycles. The van der Waals surface area contributed by atoms with Crippen molar-refractivity contribution in [2.45, 2.75) is 39.7 Å². The first-order chi connectivity index (χ1) is 8.41. The van der Waals surface area contributed by atoms with Crippen molar-refractivity contribution in [1.82, 2.24) is 5.32 Å². The molecular formula is C15H25ClN2O. The molecule has 0 radical (unpaired) electrons. The van der Waals surface area contributed by atoms with E-state index in [0.717, 1.165) is 5.56 Å². The summed E-state index contributed by atoms with van der Waals surface area (Å²) < 4.78 is 0. The number of carbonyl (C=O) groups excluding carboxylic acids is 1. The van der Waals surface area contributed by atoms with Crippen LogP contribution in [-0.2, 0) is 4.79 Å². The van der Waals surface area contributed by atoms with Gasteiger partial charge in [0.15, 0.2) is 0 Å². The van der Waals surface area contributed by atoms with Crippen LogP contribution < -0.4 is 11.1 Å². The third-order valence-electron chi connectivity index (χ3n) is 3.05. The zero-order valence-corrected chi connectivity index (χ0v) is 13.0. The Morgan fingerprint density at radius 1 is 1.11 bits per heavy atom. The predicted octanol–water partition coefficient (Wildman–Crippen LogP) is 3.00. The van der Waals surface area contributed by atoms with Crippen molar-refractivity contribution in [3.8, 4) is 0 Å². The van der Waals surface area contributed by atoms with E-state index in [0.29, 0.717) is 12.5 Å². The Bertz CT molecular complexity index is 388. The van der Waals surface area contributed by atoms with Gasteiger partial charge in [0.2, 0.25) is 5.91 Å². The number of rotatable bonds is 5. The van der Waals surface area contributed by atoms with Gasteiger partial charge in [0.1, 0.15) is 0 Å². The highest BCUT2D eigenvalue weighted by molar-refractivity contribution is 5.85. The molecule has 3 N–H and O–H groups in total. The average Bonchev–Trinajstić information content (AvgIpc) is 2.35. The van der Waals surface area contributed by atoms with Crippen LogP contribution in [0.25, 0.3) is 0 Å². The second-order valence-electron chi connectivity index (χ2n) is 5.33. The molecule has 1 rings (SSSR count). The maximum absolute atomic E-state index is 11.5. The summed E-state index contributed by atoms with van der Waals surface area (Å²) in [5, 5.41) is 2.85. The molecule has 0 spiro atoms. The van der Waals surface area contributed by atoms with Crippen LogP contribution in [0.4, 0.5) is 0 Å². The standard InChI is InChI=1S/C15H24N2O.ClH/c1-10(2)12-5-7-13(8-6-12)14(16)9-17-15(18)11(3)4;/h5-8,10-11,14H,9,16H2,1-4H3,(H,17,18);1H. The number of nitrogens with one attached hydrogen (secondary N) is 1. The molecule has 1 atom stereocenters. The van der Waals surface area contributed by atoms with Crippen molar-refractivity contribution >= 4 is 18.3 Å². The Morgan fingerprint density at radius 2 is 1.58 bits per heavy atom. The maximum Gasteiger partial charge on any atom is 0.222 e. The van der Waals surface area contributed by atoms with Crippen molar-refractivity contribution < 1.29 is 4.79 Å². The monoisotopic (exact) mass is 284 g/mol. The number of hydrogen-bond acceptors (Lipinski definition) is 2. The van der Waals surface area contributed by atoms with E-state index >= 15 is 0 Å². The van der Waals surface area contributed by atoms with Crippen LogP contribution in [0.15, 0.2) is 24.3 Å². The highest BCUT2D eigenvalue weighted by Crippen LogP contribution is 2.17. The first kappa shape index (κ1) is 17.9. The molecule has 1 amide bonds. The van der Waals surface area contributed by atoms with Crippen molar-refractivity contribution in [2.75, 3.05) is 6.54 Å². The van der Waals surface area contributed by atoms with Crippen LogP contribution in [-0.4, -0.2) is 12.5 Å². The summed E-state index contributed by atoms with van der Waals surface area (Å²) in [5.74, 6) is 0.570. The number of halogens is 1. The highest BCUT2D eigenvalue weighted by Gasteiger charge is 2.10. The molecule has 0 saturated heterocycles. The van der Waals surface area contributed by atoms with Crippen molar-refractivity contribution in [3.63, 3.8) is 0 Å². The summed E-state index contributed by atoms with van der Waals surface area (Å²) in [6, 6.07) is 8.14. The lowest BCUT2D eigenvalue weighted by molar-refractivity contribution is -0.124. The van der Waals surface area contributed by atoms with Gasteiger partial charge in [-0.3, -0.25) is 4.79 Å². The minimum atomic E-state index is -0.145. The minimum Gasteiger partial charge on any atom is -0.354 e. The Labute approximate surface area is 122 Å². The Kier molecular flexibility index (Phi) is 7.72. The summed E-state index contributed by atoms with van der Waals surface area (Å²) in [7, 11) is 0. The van der Waals surface area contributed by atoms with Gasteiger partial charge >= 0.3 is 0 Å². The van der Waals surface area contributed by atoms with Crippen molar-refractivity contribution in [2.24, 2.45) is 11.7 Å². The molecule has 1 aromatic carbocycles. The van der Waals surface area contributed by atoms with Gasteiger partial charge in [0.05, 0.1) is 0 Å². The van der Waals surface area contributed by atoms with Gasteiger partial charge in [-0.2, -0.15) is 0 Å². The van der Waals surface area contributed by atoms with E-state index in [1.807, 2.05) is 26.0 Å². The molecule has 0 fully saturated rings. The van der Waals surface area contributed by atoms with E-state index < -0.39 is 0 Å². The summed E-state index contributed by atoms with van der Waals surface area (Å²) in [6.45, 7) is 8.56. The number of benzene rings is 1. The van der Waals surface area contributed by atoms with Gasteiger partial charge in [-0.15, -0.1) is 12.4 Å². The predicted molar refractivity (Wildman–Crippen MR) is 82.6 cm³/mol. The molecule has 19 heavy (non-hydrogen) atoms. The van der Waals surface area contributed by atoms with E-state index in [4.69, 9.17) is 5.73 Å². The fourth-order valence-electron chi connectivity index (χ4n) is 1.66. The maximum atomic E-state index is 11.5. The Balaban J connectivity index is 0.00000324. The molecule has 1 aromatic rings. The molecule has 0 aliphatic carbocycles. The molecule has 0 aliphatic heterocycles. The van der Waals surface area contributed by atoms with E-state index in [9.17, 15) is 4.79 Å². The number of carbonyl (C=O) groups is 1. The van der Waals surface area contributed by atoms with Crippen LogP contribution in [0, 0.1) is 5.92 Å². The fraction of sp³-hybridized carbons (Fsp3) is 0.533. The molecule has 1 unspecified atom stereocenters. The number of amides is 1. The third kappa shape index (κ3) is 5.62. The van der Waals surface area contributed by atoms with Gasteiger partial charge in [-0.25, -0.2) is 0 Å². The molecule has 0 bridgehead atoms. The van der Waals surface area contributed by atoms with E-state index in [-0.39, 0.29) is 30.3 Å². The van der Waals surface area contributed by atoms with E-state index in [1.165, 1.54) is 5.56 Å². The van der Waals surface area contributed by atoms with E-state index in [2.05, 4.69) is 31.3 Å². The van der Waals surface area contributed by atoms with Gasteiger partial charge in [0, 0.05) is 18.5 Å². The van der Waals surface area contributed by atoms with Crippen molar-refractivity contribution in [3.05, 3.63) is 35.4 Å². The smallest absolute Gasteiger partial charge is 0.222 e. The third-order valence-corrected chi connectivity index (χ3v) is 3.05. The normalized spacial score (nSPS) is 12.2. The number of nitrogens with two attached hydrogens (primary N) is 1. The number of hydrogen-bond donors (Lipinski definition) is 2. The summed E-state index contributed by atoms with van der Waals surface area (Å²) in [4.78, 5) is 11.5. The Morgan fingerprint density at radius 3 is 2.00 bits per heavy atom. The van der Waals surface area contributed by atoms with Crippen LogP contribution in [0.1, 0.15) is 50.8 Å². The first-order valence-corrected chi connectivity index (χ1v) is 6.55. The van der Waals surface area contributed by atoms with Crippen LogP contribution in [0.3, 0.4) is 0 Å². The lowest BCUT2D eigenvalue weighted by Gasteiger charge is -2.15. The van der Waals surface area contributed by atoms with Crippen LogP contribution in [0.2, 0.25) is 0 Å². The summed E-state index contributed by atoms with van der Waals surface area (Å²) in [6.07, 6.45) is 0. The fourth-order valence-corrected chi connectivity index (χ4v) is 1.66. The Hall–Kier alpha value is -1.06. The molecule has 0 aliphatic rings. The quantitative estimate of drug-likeness (QED) is 0.873.